The number of rotatable bonds is 5. The summed E-state index contributed by atoms with van der Waals surface area (Å²) in [5, 5.41) is 9.91. The van der Waals surface area contributed by atoms with Gasteiger partial charge in [0.1, 0.15) is 5.60 Å². The molecular weight excluding hydrogens is 220 g/mol. The van der Waals surface area contributed by atoms with Crippen LogP contribution in [0.5, 0.6) is 11.5 Å². The van der Waals surface area contributed by atoms with E-state index < -0.39 is 5.60 Å². The summed E-state index contributed by atoms with van der Waals surface area (Å²) < 4.78 is 10.2. The van der Waals surface area contributed by atoms with Crippen LogP contribution >= 0.6 is 0 Å². The van der Waals surface area contributed by atoms with E-state index in [1.165, 1.54) is 21.1 Å². The van der Waals surface area contributed by atoms with Crippen LogP contribution in [0.15, 0.2) is 18.2 Å². The Bertz CT molecular complexity index is 410. The number of ketones is 1. The van der Waals surface area contributed by atoms with Crippen LogP contribution in [0.3, 0.4) is 0 Å². The van der Waals surface area contributed by atoms with E-state index in [9.17, 15) is 9.90 Å². The molecule has 1 unspecified atom stereocenters. The summed E-state index contributed by atoms with van der Waals surface area (Å²) in [6, 6.07) is 4.84. The summed E-state index contributed by atoms with van der Waals surface area (Å²) in [4.78, 5) is 12.0. The van der Waals surface area contributed by atoms with Crippen molar-refractivity contribution >= 4 is 5.78 Å². The Balaban J connectivity index is 3.12. The van der Waals surface area contributed by atoms with Gasteiger partial charge in [0.05, 0.1) is 14.2 Å². The highest BCUT2D eigenvalue weighted by Crippen LogP contribution is 2.29. The number of carbonyl (C=O) groups is 1. The van der Waals surface area contributed by atoms with Gasteiger partial charge in [-0.3, -0.25) is 4.79 Å². The molecule has 1 atom stereocenters. The number of methoxy groups -OCH3 is 2. The fourth-order valence-electron chi connectivity index (χ4n) is 1.45. The molecule has 17 heavy (non-hydrogen) atoms. The lowest BCUT2D eigenvalue weighted by Crippen LogP contribution is -2.34. The molecule has 0 saturated heterocycles. The molecule has 0 bridgehead atoms. The van der Waals surface area contributed by atoms with Crippen molar-refractivity contribution in [3.63, 3.8) is 0 Å². The molecule has 0 spiro atoms. The zero-order chi connectivity index (χ0) is 13.1. The topological polar surface area (TPSA) is 55.8 Å². The maximum atomic E-state index is 12.0. The Morgan fingerprint density at radius 1 is 1.29 bits per heavy atom. The van der Waals surface area contributed by atoms with Crippen LogP contribution in [-0.4, -0.2) is 30.7 Å². The van der Waals surface area contributed by atoms with Gasteiger partial charge in [-0.2, -0.15) is 0 Å². The SMILES string of the molecule is CCC(C)(O)C(=O)c1ccc(OC)c(OC)c1. The number of Topliss-reactive ketones (excluding diaryl/α,β-unsaturated/α-hetero) is 1. The first-order chi connectivity index (χ1) is 7.96. The Hall–Kier alpha value is -1.55. The van der Waals surface area contributed by atoms with Gasteiger partial charge in [0.2, 0.25) is 0 Å². The van der Waals surface area contributed by atoms with Gasteiger partial charge >= 0.3 is 0 Å². The van der Waals surface area contributed by atoms with E-state index in [2.05, 4.69) is 0 Å². The predicted molar refractivity (Wildman–Crippen MR) is 64.8 cm³/mol. The average molecular weight is 238 g/mol. The van der Waals surface area contributed by atoms with Gasteiger partial charge in [-0.05, 0) is 31.5 Å². The highest BCUT2D eigenvalue weighted by atomic mass is 16.5. The summed E-state index contributed by atoms with van der Waals surface area (Å²) in [5.41, 5.74) is -0.936. The number of aliphatic hydroxyl groups is 1. The van der Waals surface area contributed by atoms with Gasteiger partial charge < -0.3 is 14.6 Å². The molecule has 0 saturated carbocycles. The maximum Gasteiger partial charge on any atom is 0.194 e. The molecule has 0 radical (unpaired) electrons. The van der Waals surface area contributed by atoms with Gasteiger partial charge in [0.25, 0.3) is 0 Å². The van der Waals surface area contributed by atoms with Gasteiger partial charge in [-0.25, -0.2) is 0 Å². The summed E-state index contributed by atoms with van der Waals surface area (Å²) in [6.07, 6.45) is 0.361. The molecule has 0 heterocycles. The van der Waals surface area contributed by atoms with E-state index >= 15 is 0 Å². The second-order valence-electron chi connectivity index (χ2n) is 4.03. The van der Waals surface area contributed by atoms with Crippen LogP contribution in [0.2, 0.25) is 0 Å². The monoisotopic (exact) mass is 238 g/mol. The minimum absolute atomic E-state index is 0.319. The van der Waals surface area contributed by atoms with Gasteiger partial charge in [0.15, 0.2) is 17.3 Å². The quantitative estimate of drug-likeness (QED) is 0.798. The molecule has 4 nitrogen and oxygen atoms in total. The van der Waals surface area contributed by atoms with Crippen LogP contribution in [0.1, 0.15) is 30.6 Å². The molecule has 0 aliphatic rings. The molecule has 4 heteroatoms. The molecule has 1 N–H and O–H groups in total. The summed E-state index contributed by atoms with van der Waals surface area (Å²) in [7, 11) is 3.03. The largest absolute Gasteiger partial charge is 0.493 e. The van der Waals surface area contributed by atoms with E-state index in [0.29, 0.717) is 23.5 Å². The summed E-state index contributed by atoms with van der Waals surface area (Å²) >= 11 is 0. The summed E-state index contributed by atoms with van der Waals surface area (Å²) in [5.74, 6) is 0.714. The van der Waals surface area contributed by atoms with Crippen molar-refractivity contribution in [1.82, 2.24) is 0 Å². The molecule has 1 aromatic rings. The number of ether oxygens (including phenoxy) is 2. The second kappa shape index (κ2) is 5.19. The van der Waals surface area contributed by atoms with Crippen molar-refractivity contribution in [2.45, 2.75) is 25.9 Å². The predicted octanol–water partition coefficient (Wildman–Crippen LogP) is 2.05. The van der Waals surface area contributed by atoms with Crippen molar-refractivity contribution < 1.29 is 19.4 Å². The van der Waals surface area contributed by atoms with Crippen molar-refractivity contribution in [2.24, 2.45) is 0 Å². The van der Waals surface area contributed by atoms with Gasteiger partial charge in [0, 0.05) is 5.56 Å². The Labute approximate surface area is 101 Å². The minimum Gasteiger partial charge on any atom is -0.493 e. The van der Waals surface area contributed by atoms with E-state index in [4.69, 9.17) is 9.47 Å². The summed E-state index contributed by atoms with van der Waals surface area (Å²) in [6.45, 7) is 3.27. The van der Waals surface area contributed by atoms with Crippen LogP contribution in [0, 0.1) is 0 Å². The van der Waals surface area contributed by atoms with Crippen LogP contribution in [0.25, 0.3) is 0 Å². The van der Waals surface area contributed by atoms with E-state index in [0.717, 1.165) is 0 Å². The van der Waals surface area contributed by atoms with Crippen LogP contribution < -0.4 is 9.47 Å². The first-order valence-electron chi connectivity index (χ1n) is 5.45. The Morgan fingerprint density at radius 3 is 2.35 bits per heavy atom. The first-order valence-corrected chi connectivity index (χ1v) is 5.45. The normalized spacial score (nSPS) is 13.9. The lowest BCUT2D eigenvalue weighted by atomic mass is 9.92. The molecule has 0 aliphatic carbocycles. The zero-order valence-corrected chi connectivity index (χ0v) is 10.6. The third-order valence-corrected chi connectivity index (χ3v) is 2.82. The van der Waals surface area contributed by atoms with Gasteiger partial charge in [-0.15, -0.1) is 0 Å². The third kappa shape index (κ3) is 2.77. The van der Waals surface area contributed by atoms with E-state index in [-0.39, 0.29) is 5.78 Å². The van der Waals surface area contributed by atoms with Crippen LogP contribution in [0.4, 0.5) is 0 Å². The lowest BCUT2D eigenvalue weighted by Gasteiger charge is -2.20. The smallest absolute Gasteiger partial charge is 0.194 e. The number of carbonyl (C=O) groups excluding carboxylic acids is 1. The molecular formula is C13H18O4. The molecule has 94 valence electrons. The first kappa shape index (κ1) is 13.5. The Kier molecular flexibility index (Phi) is 4.12. The van der Waals surface area contributed by atoms with Gasteiger partial charge in [-0.1, -0.05) is 6.92 Å². The molecule has 0 aromatic heterocycles. The standard InChI is InChI=1S/C13H18O4/c1-5-13(2,15)12(14)9-6-7-10(16-3)11(8-9)17-4/h6-8,15H,5H2,1-4H3. The zero-order valence-electron chi connectivity index (χ0n) is 10.6. The molecule has 0 fully saturated rings. The van der Waals surface area contributed by atoms with Crippen molar-refractivity contribution in [2.75, 3.05) is 14.2 Å². The fourth-order valence-corrected chi connectivity index (χ4v) is 1.45. The fraction of sp³-hybridized carbons (Fsp3) is 0.462. The second-order valence-corrected chi connectivity index (χ2v) is 4.03. The minimum atomic E-state index is -1.35. The van der Waals surface area contributed by atoms with Crippen molar-refractivity contribution in [1.29, 1.82) is 0 Å². The lowest BCUT2D eigenvalue weighted by molar-refractivity contribution is 0.0390. The Morgan fingerprint density at radius 2 is 1.88 bits per heavy atom. The maximum absolute atomic E-state index is 12.0. The van der Waals surface area contributed by atoms with Crippen LogP contribution in [-0.2, 0) is 0 Å². The number of hydrogen-bond donors (Lipinski definition) is 1. The van der Waals surface area contributed by atoms with E-state index in [1.54, 1.807) is 25.1 Å². The van der Waals surface area contributed by atoms with E-state index in [1.807, 2.05) is 0 Å². The highest BCUT2D eigenvalue weighted by molar-refractivity contribution is 6.02. The molecule has 1 rings (SSSR count). The third-order valence-electron chi connectivity index (χ3n) is 2.82. The van der Waals surface area contributed by atoms with Crippen molar-refractivity contribution in [3.8, 4) is 11.5 Å². The molecule has 0 aliphatic heterocycles. The highest BCUT2D eigenvalue weighted by Gasteiger charge is 2.29. The molecule has 1 aromatic carbocycles. The number of benzene rings is 1. The average Bonchev–Trinajstić information content (AvgIpc) is 2.36. The number of hydrogen-bond acceptors (Lipinski definition) is 4. The van der Waals surface area contributed by atoms with Crippen molar-refractivity contribution in [3.05, 3.63) is 23.8 Å². The molecule has 0 amide bonds.